The highest BCUT2D eigenvalue weighted by Gasteiger charge is 2.94. The van der Waals surface area contributed by atoms with Crippen LogP contribution < -0.4 is 11.2 Å². The quantitative estimate of drug-likeness (QED) is 0.583. The smallest absolute Gasteiger partial charge is 0.330 e. The number of H-pyrrole nitrogens is 1. The lowest BCUT2D eigenvalue weighted by Gasteiger charge is -2.28. The highest BCUT2D eigenvalue weighted by Crippen LogP contribution is 2.68. The molecule has 0 spiro atoms. The average molecular weight is 276 g/mol. The number of aliphatic hydroxyl groups excluding tert-OH is 1. The van der Waals surface area contributed by atoms with Crippen molar-refractivity contribution in [3.63, 3.8) is 0 Å². The molecule has 3 rings (SSSR count). The summed E-state index contributed by atoms with van der Waals surface area (Å²) in [6.07, 6.45) is -2.90. The van der Waals surface area contributed by atoms with Gasteiger partial charge in [0, 0.05) is 12.3 Å². The molecular weight excluding hydrogens is 266 g/mol. The number of nitrogens with zero attached hydrogens (tertiary/aromatic N) is 1. The zero-order valence-electron chi connectivity index (χ0n) is 9.63. The number of halogens is 2. The summed E-state index contributed by atoms with van der Waals surface area (Å²) in [6, 6.07) is 0.927. The summed E-state index contributed by atoms with van der Waals surface area (Å²) in [5.74, 6) is -2.96. The molecule has 1 aliphatic heterocycles. The Morgan fingerprint density at radius 2 is 2.11 bits per heavy atom. The van der Waals surface area contributed by atoms with Gasteiger partial charge in [-0.3, -0.25) is 14.3 Å². The molecule has 0 radical (unpaired) electrons. The van der Waals surface area contributed by atoms with Crippen molar-refractivity contribution in [1.82, 2.24) is 9.55 Å². The lowest BCUT2D eigenvalue weighted by atomic mass is 9.97. The fraction of sp³-hybridized carbons (Fsp3) is 0.600. The molecule has 1 aromatic heterocycles. The summed E-state index contributed by atoms with van der Waals surface area (Å²) in [5.41, 5.74) is -7.20. The van der Waals surface area contributed by atoms with Crippen LogP contribution in [0, 0.1) is 0 Å². The molecule has 0 amide bonds. The van der Waals surface area contributed by atoms with Crippen molar-refractivity contribution in [2.45, 2.75) is 36.4 Å². The van der Waals surface area contributed by atoms with Crippen LogP contribution in [-0.2, 0) is 4.74 Å². The van der Waals surface area contributed by atoms with Crippen molar-refractivity contribution in [2.75, 3.05) is 0 Å². The third-order valence-corrected chi connectivity index (χ3v) is 3.78. The first-order chi connectivity index (χ1) is 8.66. The Morgan fingerprint density at radius 1 is 1.47 bits per heavy atom. The molecule has 2 aliphatic rings. The molecule has 19 heavy (non-hydrogen) atoms. The van der Waals surface area contributed by atoms with Crippen molar-refractivity contribution in [2.24, 2.45) is 0 Å². The van der Waals surface area contributed by atoms with Gasteiger partial charge in [0.25, 0.3) is 11.4 Å². The van der Waals surface area contributed by atoms with Crippen LogP contribution in [0.25, 0.3) is 0 Å². The van der Waals surface area contributed by atoms with Gasteiger partial charge in [-0.15, -0.1) is 0 Å². The second-order valence-corrected chi connectivity index (χ2v) is 4.88. The maximum Gasteiger partial charge on any atom is 0.330 e. The fourth-order valence-electron chi connectivity index (χ4n) is 2.53. The Morgan fingerprint density at radius 3 is 2.58 bits per heavy atom. The van der Waals surface area contributed by atoms with Crippen LogP contribution in [0.3, 0.4) is 0 Å². The molecule has 5 atom stereocenters. The highest BCUT2D eigenvalue weighted by molar-refractivity contribution is 5.35. The van der Waals surface area contributed by atoms with Gasteiger partial charge in [-0.1, -0.05) is 0 Å². The molecule has 2 heterocycles. The minimum atomic E-state index is -2.96. The first-order valence-corrected chi connectivity index (χ1v) is 5.44. The molecule has 9 heteroatoms. The monoisotopic (exact) mass is 276 g/mol. The van der Waals surface area contributed by atoms with E-state index < -0.39 is 40.7 Å². The van der Waals surface area contributed by atoms with Crippen molar-refractivity contribution < 1.29 is 23.7 Å². The number of fused-ring (bicyclic) bond motifs is 1. The second-order valence-electron chi connectivity index (χ2n) is 4.88. The van der Waals surface area contributed by atoms with Crippen LogP contribution in [0.5, 0.6) is 0 Å². The third kappa shape index (κ3) is 1.15. The zero-order chi connectivity index (χ0) is 14.2. The zero-order valence-corrected chi connectivity index (χ0v) is 9.63. The summed E-state index contributed by atoms with van der Waals surface area (Å²) in [7, 11) is 0. The van der Waals surface area contributed by atoms with E-state index in [2.05, 4.69) is 4.74 Å². The van der Waals surface area contributed by atoms with E-state index in [-0.39, 0.29) is 0 Å². The van der Waals surface area contributed by atoms with Gasteiger partial charge < -0.3 is 14.9 Å². The number of alkyl halides is 2. The van der Waals surface area contributed by atoms with Gasteiger partial charge in [0.05, 0.1) is 0 Å². The van der Waals surface area contributed by atoms with E-state index in [1.807, 2.05) is 4.98 Å². The Bertz CT molecular complexity index is 670. The minimum Gasteiger partial charge on any atom is -0.384 e. The molecule has 0 bridgehead atoms. The number of hydrogen-bond donors (Lipinski definition) is 3. The summed E-state index contributed by atoms with van der Waals surface area (Å²) in [5, 5.41) is 19.0. The van der Waals surface area contributed by atoms with E-state index in [0.29, 0.717) is 4.57 Å². The minimum absolute atomic E-state index is 0.611. The molecule has 1 aromatic rings. The van der Waals surface area contributed by atoms with Gasteiger partial charge in [0.15, 0.2) is 23.6 Å². The molecule has 2 fully saturated rings. The molecule has 3 N–H and O–H groups in total. The Labute approximate surface area is 104 Å². The average Bonchev–Trinajstić information content (AvgIpc) is 2.67. The van der Waals surface area contributed by atoms with Gasteiger partial charge >= 0.3 is 5.69 Å². The summed E-state index contributed by atoms with van der Waals surface area (Å²) in [4.78, 5) is 24.3. The predicted molar refractivity (Wildman–Crippen MR) is 55.8 cm³/mol. The van der Waals surface area contributed by atoms with Crippen LogP contribution in [0.1, 0.15) is 13.2 Å². The van der Waals surface area contributed by atoms with Crippen molar-refractivity contribution in [3.05, 3.63) is 33.1 Å². The summed E-state index contributed by atoms with van der Waals surface area (Å²) < 4.78 is 33.8. The number of aromatic amines is 1. The van der Waals surface area contributed by atoms with Crippen LogP contribution >= 0.6 is 0 Å². The SMILES string of the molecule is C[C@]1(F)[C@H](n2ccc(=O)[nH]c2=O)O[C@]2(F)C(O)[C@]12O. The van der Waals surface area contributed by atoms with E-state index in [9.17, 15) is 28.6 Å². The number of nitrogens with one attached hydrogen (secondary N) is 1. The lowest BCUT2D eigenvalue weighted by Crippen LogP contribution is -2.48. The van der Waals surface area contributed by atoms with E-state index in [0.717, 1.165) is 19.2 Å². The largest absolute Gasteiger partial charge is 0.384 e. The number of aromatic nitrogens is 2. The number of ether oxygens (including phenoxy) is 1. The molecular formula is C10H10F2N2O5. The van der Waals surface area contributed by atoms with E-state index in [4.69, 9.17) is 0 Å². The normalized spacial score (nSPS) is 48.1. The van der Waals surface area contributed by atoms with Crippen molar-refractivity contribution in [3.8, 4) is 0 Å². The van der Waals surface area contributed by atoms with E-state index in [1.165, 1.54) is 0 Å². The van der Waals surface area contributed by atoms with Crippen LogP contribution in [0.4, 0.5) is 8.78 Å². The topological polar surface area (TPSA) is 105 Å². The summed E-state index contributed by atoms with van der Waals surface area (Å²) in [6.45, 7) is 0.812. The maximum absolute atomic E-state index is 14.5. The number of aliphatic hydroxyl groups is 2. The molecule has 0 aromatic carbocycles. The molecule has 1 saturated heterocycles. The Hall–Kier alpha value is -1.58. The van der Waals surface area contributed by atoms with E-state index >= 15 is 0 Å². The van der Waals surface area contributed by atoms with Gasteiger partial charge in [-0.25, -0.2) is 13.6 Å². The fourth-order valence-corrected chi connectivity index (χ4v) is 2.53. The molecule has 1 aliphatic carbocycles. The Balaban J connectivity index is 2.10. The van der Waals surface area contributed by atoms with Crippen molar-refractivity contribution >= 4 is 0 Å². The molecule has 7 nitrogen and oxygen atoms in total. The number of hydrogen-bond acceptors (Lipinski definition) is 5. The summed E-state index contributed by atoms with van der Waals surface area (Å²) >= 11 is 0. The molecule has 1 saturated carbocycles. The lowest BCUT2D eigenvalue weighted by molar-refractivity contribution is -0.162. The van der Waals surface area contributed by atoms with Gasteiger partial charge in [-0.05, 0) is 6.92 Å². The van der Waals surface area contributed by atoms with E-state index in [1.54, 1.807) is 0 Å². The maximum atomic E-state index is 14.5. The van der Waals surface area contributed by atoms with Gasteiger partial charge in [0.2, 0.25) is 0 Å². The number of rotatable bonds is 1. The third-order valence-electron chi connectivity index (χ3n) is 3.78. The first kappa shape index (κ1) is 12.5. The second kappa shape index (κ2) is 3.11. The standard InChI is InChI=1S/C10H10F2N2O5/c1-8(11)6(14-3-2-4(15)13-7(14)17)19-10(12)5(16)9(8,10)18/h2-3,5-6,16,18H,1H3,(H,13,15,17)/t5?,6-,8+,9+,10-/m1/s1. The predicted octanol–water partition coefficient (Wildman–Crippen LogP) is -1.44. The van der Waals surface area contributed by atoms with Crippen molar-refractivity contribution in [1.29, 1.82) is 0 Å². The Kier molecular flexibility index (Phi) is 2.04. The first-order valence-electron chi connectivity index (χ1n) is 5.44. The van der Waals surface area contributed by atoms with Crippen LogP contribution in [0.15, 0.2) is 21.9 Å². The van der Waals surface area contributed by atoms with Gasteiger partial charge in [0.1, 0.15) is 0 Å². The van der Waals surface area contributed by atoms with Crippen LogP contribution in [-0.4, -0.2) is 43.0 Å². The van der Waals surface area contributed by atoms with Crippen LogP contribution in [0.2, 0.25) is 0 Å². The molecule has 104 valence electrons. The van der Waals surface area contributed by atoms with Gasteiger partial charge in [-0.2, -0.15) is 0 Å². The molecule has 1 unspecified atom stereocenters. The highest BCUT2D eigenvalue weighted by atomic mass is 19.2.